The third-order valence-electron chi connectivity index (χ3n) is 2.86. The Morgan fingerprint density at radius 2 is 1.27 bits per heavy atom. The Balaban J connectivity index is -0.000000226. The van der Waals surface area contributed by atoms with E-state index in [0.717, 1.165) is 12.8 Å². The normalized spacial score (nSPS) is 9.50. The summed E-state index contributed by atoms with van der Waals surface area (Å²) in [6.45, 7) is 1.46. The van der Waals surface area contributed by atoms with Gasteiger partial charge in [-0.3, -0.25) is 13.1 Å². The van der Waals surface area contributed by atoms with Gasteiger partial charge in [0.05, 0.1) is 6.61 Å². The fourth-order valence-electron chi connectivity index (χ4n) is 1.75. The number of hydrogen-bond donors (Lipinski definition) is 2. The van der Waals surface area contributed by atoms with Crippen molar-refractivity contribution in [3.63, 3.8) is 0 Å². The van der Waals surface area contributed by atoms with Crippen LogP contribution in [0.4, 0.5) is 0 Å². The van der Waals surface area contributed by atoms with Crippen LogP contribution in [0, 0.1) is 0 Å². The Morgan fingerprint density at radius 1 is 0.962 bits per heavy atom. The SMILES string of the molecule is CCCCCCCCCCCCOS(=O)(=O)[O-].O=C(O)CO.O=[Si]=O.[Na+]. The van der Waals surface area contributed by atoms with Crippen molar-refractivity contribution >= 4 is 25.7 Å². The number of aliphatic hydroxyl groups excluding tert-OH is 1. The maximum Gasteiger partial charge on any atom is 1.00 e. The largest absolute Gasteiger partial charge is 1.00 e. The molecule has 0 saturated heterocycles. The van der Waals surface area contributed by atoms with Crippen LogP contribution in [-0.4, -0.2) is 51.7 Å². The van der Waals surface area contributed by atoms with Crippen LogP contribution in [0.2, 0.25) is 0 Å². The van der Waals surface area contributed by atoms with E-state index in [-0.39, 0.29) is 36.2 Å². The summed E-state index contributed by atoms with van der Waals surface area (Å²) in [6.07, 6.45) is 11.7. The van der Waals surface area contributed by atoms with Gasteiger partial charge in [-0.25, -0.2) is 13.2 Å². The Labute approximate surface area is 180 Å². The van der Waals surface area contributed by atoms with Gasteiger partial charge in [-0.15, -0.1) is 0 Å². The predicted octanol–water partition coefficient (Wildman–Crippen LogP) is -1.17. The van der Waals surface area contributed by atoms with Crippen molar-refractivity contribution in [2.75, 3.05) is 13.2 Å². The number of hydrogen-bond acceptors (Lipinski definition) is 8. The van der Waals surface area contributed by atoms with Gasteiger partial charge in [-0.2, -0.15) is 0 Å². The van der Waals surface area contributed by atoms with Crippen LogP contribution >= 0.6 is 0 Å². The first kappa shape index (κ1) is 33.7. The molecule has 0 heterocycles. The average Bonchev–Trinajstić information content (AvgIpc) is 2.53. The van der Waals surface area contributed by atoms with Crippen LogP contribution < -0.4 is 29.6 Å². The van der Waals surface area contributed by atoms with Crippen molar-refractivity contribution in [2.24, 2.45) is 0 Å². The molecule has 0 atom stereocenters. The van der Waals surface area contributed by atoms with Crippen LogP contribution in [0.15, 0.2) is 0 Å². The van der Waals surface area contributed by atoms with Crippen molar-refractivity contribution in [3.8, 4) is 0 Å². The summed E-state index contributed by atoms with van der Waals surface area (Å²) in [6, 6.07) is 0. The number of unbranched alkanes of at least 4 members (excludes halogenated alkanes) is 9. The van der Waals surface area contributed by atoms with Gasteiger partial charge < -0.3 is 14.8 Å². The van der Waals surface area contributed by atoms with Crippen molar-refractivity contribution < 1.29 is 70.6 Å². The van der Waals surface area contributed by atoms with E-state index < -0.39 is 32.3 Å². The maximum absolute atomic E-state index is 10.1. The van der Waals surface area contributed by atoms with Crippen molar-refractivity contribution in [1.82, 2.24) is 0 Å². The maximum atomic E-state index is 10.1. The van der Waals surface area contributed by atoms with E-state index in [1.54, 1.807) is 0 Å². The molecule has 0 bridgehead atoms. The second-order valence-corrected chi connectivity index (χ2v) is 6.27. The smallest absolute Gasteiger partial charge is 0.726 e. The molecule has 0 aliphatic carbocycles. The molecule has 0 amide bonds. The summed E-state index contributed by atoms with van der Waals surface area (Å²) in [5.74, 6) is -1.19. The number of aliphatic carboxylic acids is 1. The molecular weight excluding hydrogens is 395 g/mol. The average molecular weight is 425 g/mol. The zero-order valence-electron chi connectivity index (χ0n) is 15.6. The molecular formula is C14H29NaO9SSi. The van der Waals surface area contributed by atoms with E-state index in [2.05, 4.69) is 11.1 Å². The fraction of sp³-hybridized carbons (Fsp3) is 0.929. The first-order chi connectivity index (χ1) is 11.7. The molecule has 0 aliphatic rings. The second-order valence-electron chi connectivity index (χ2n) is 5.05. The third kappa shape index (κ3) is 49.6. The summed E-state index contributed by atoms with van der Waals surface area (Å²) < 4.78 is 51.3. The summed E-state index contributed by atoms with van der Waals surface area (Å²) in [5, 5.41) is 15.0. The van der Waals surface area contributed by atoms with Crippen LogP contribution in [0.3, 0.4) is 0 Å². The van der Waals surface area contributed by atoms with Crippen LogP contribution in [-0.2, 0) is 28.3 Å². The Kier molecular flexibility index (Phi) is 35.4. The molecule has 26 heavy (non-hydrogen) atoms. The third-order valence-corrected chi connectivity index (χ3v) is 3.32. The minimum Gasteiger partial charge on any atom is -0.726 e. The van der Waals surface area contributed by atoms with E-state index >= 15 is 0 Å². The minimum atomic E-state index is -4.48. The summed E-state index contributed by atoms with van der Waals surface area (Å²) >= 11 is 0. The monoisotopic (exact) mass is 424 g/mol. The number of carboxylic acid groups (broad SMARTS) is 1. The molecule has 0 aromatic rings. The summed E-state index contributed by atoms with van der Waals surface area (Å²) in [4.78, 5) is 9.12. The number of aliphatic hydroxyl groups is 1. The summed E-state index contributed by atoms with van der Waals surface area (Å²) in [7, 11) is -5.90. The van der Waals surface area contributed by atoms with Crippen molar-refractivity contribution in [1.29, 1.82) is 0 Å². The second kappa shape index (κ2) is 27.3. The zero-order chi connectivity index (χ0) is 20.0. The van der Waals surface area contributed by atoms with Gasteiger partial charge in [-0.1, -0.05) is 64.7 Å². The number of carboxylic acids is 1. The number of rotatable bonds is 13. The van der Waals surface area contributed by atoms with E-state index in [1.807, 2.05) is 0 Å². The van der Waals surface area contributed by atoms with E-state index in [0.29, 0.717) is 6.42 Å². The molecule has 0 unspecified atom stereocenters. The molecule has 150 valence electrons. The van der Waals surface area contributed by atoms with Gasteiger partial charge in [0.2, 0.25) is 10.4 Å². The fourth-order valence-corrected chi connectivity index (χ4v) is 2.07. The van der Waals surface area contributed by atoms with Gasteiger partial charge >= 0.3 is 44.8 Å². The quantitative estimate of drug-likeness (QED) is 0.161. The van der Waals surface area contributed by atoms with E-state index in [1.165, 1.54) is 44.9 Å². The minimum absolute atomic E-state index is 0. The molecule has 0 aliphatic heterocycles. The zero-order valence-corrected chi connectivity index (χ0v) is 19.5. The molecule has 0 rings (SSSR count). The van der Waals surface area contributed by atoms with Gasteiger partial charge in [0.15, 0.2) is 0 Å². The Hall–Kier alpha value is 0.117. The molecule has 0 radical (unpaired) electrons. The van der Waals surface area contributed by atoms with Gasteiger partial charge in [0.1, 0.15) is 6.61 Å². The van der Waals surface area contributed by atoms with Crippen molar-refractivity contribution in [3.05, 3.63) is 0 Å². The van der Waals surface area contributed by atoms with E-state index in [9.17, 15) is 13.0 Å². The molecule has 0 aromatic heterocycles. The summed E-state index contributed by atoms with van der Waals surface area (Å²) in [5.41, 5.74) is 0. The standard InChI is InChI=1S/C12H26O4S.C2H4O3.Na.O2Si/c1-2-3-4-5-6-7-8-9-10-11-12-16-17(13,14)15;3-1-2(4)5;;1-3-2/h2-12H2,1H3,(H,13,14,15);3H,1H2,(H,4,5);;/q;;+1;/p-1. The van der Waals surface area contributed by atoms with Crippen LogP contribution in [0.5, 0.6) is 0 Å². The van der Waals surface area contributed by atoms with Crippen molar-refractivity contribution in [2.45, 2.75) is 71.1 Å². The van der Waals surface area contributed by atoms with Crippen LogP contribution in [0.25, 0.3) is 0 Å². The molecule has 0 fully saturated rings. The topological polar surface area (TPSA) is 158 Å². The first-order valence-corrected chi connectivity index (χ1v) is 10.3. The van der Waals surface area contributed by atoms with Gasteiger partial charge in [0, 0.05) is 0 Å². The molecule has 12 heteroatoms. The van der Waals surface area contributed by atoms with Gasteiger partial charge in [0.25, 0.3) is 0 Å². The molecule has 9 nitrogen and oxygen atoms in total. The van der Waals surface area contributed by atoms with Crippen LogP contribution in [0.1, 0.15) is 71.1 Å². The predicted molar refractivity (Wildman–Crippen MR) is 89.3 cm³/mol. The molecule has 0 aromatic carbocycles. The first-order valence-electron chi connectivity index (χ1n) is 8.17. The number of carbonyl (C=O) groups is 1. The Morgan fingerprint density at radius 3 is 1.54 bits per heavy atom. The Bertz CT molecular complexity index is 426. The van der Waals surface area contributed by atoms with E-state index in [4.69, 9.17) is 23.9 Å². The van der Waals surface area contributed by atoms with Gasteiger partial charge in [-0.05, 0) is 6.42 Å². The molecule has 2 N–H and O–H groups in total. The molecule has 0 saturated carbocycles. The molecule has 0 spiro atoms.